The quantitative estimate of drug-likeness (QED) is 0.534. The van der Waals surface area contributed by atoms with Crippen LogP contribution in [0.2, 0.25) is 5.02 Å². The molecule has 3 rings (SSSR count). The van der Waals surface area contributed by atoms with Crippen LogP contribution < -0.4 is 0 Å². The molecule has 0 radical (unpaired) electrons. The Hall–Kier alpha value is -2.58. The van der Waals surface area contributed by atoms with E-state index in [0.29, 0.717) is 18.7 Å². The second-order valence-corrected chi connectivity index (χ2v) is 6.55. The second kappa shape index (κ2) is 7.54. The van der Waals surface area contributed by atoms with Crippen LogP contribution in [0.4, 0.5) is 0 Å². The zero-order valence-electron chi connectivity index (χ0n) is 14.2. The molecule has 2 aromatic rings. The molecule has 126 valence electrons. The smallest absolute Gasteiger partial charge is 0.253 e. The van der Waals surface area contributed by atoms with E-state index >= 15 is 0 Å². The number of nitrogens with zero attached hydrogens (tertiary/aromatic N) is 1. The van der Waals surface area contributed by atoms with Crippen LogP contribution in [0.15, 0.2) is 78.9 Å². The van der Waals surface area contributed by atoms with Gasteiger partial charge in [0.1, 0.15) is 0 Å². The molecular weight excluding hydrogens is 330 g/mol. The van der Waals surface area contributed by atoms with Crippen LogP contribution in [-0.4, -0.2) is 10.8 Å². The van der Waals surface area contributed by atoms with Crippen molar-refractivity contribution in [1.29, 1.82) is 0 Å². The average Bonchev–Trinajstić information content (AvgIpc) is 3.05. The first-order valence-electron chi connectivity index (χ1n) is 8.21. The van der Waals surface area contributed by atoms with Gasteiger partial charge in [-0.05, 0) is 35.3 Å². The maximum atomic E-state index is 12.5. The third-order valence-electron chi connectivity index (χ3n) is 4.35. The summed E-state index contributed by atoms with van der Waals surface area (Å²) in [7, 11) is 0. The maximum absolute atomic E-state index is 12.5. The fraction of sp³-hybridized carbons (Fsp3) is 0.136. The minimum absolute atomic E-state index is 0.0313. The van der Waals surface area contributed by atoms with Crippen molar-refractivity contribution in [3.63, 3.8) is 0 Å². The number of hydrogen-bond acceptors (Lipinski definition) is 1. The Balaban J connectivity index is 1.64. The number of hydrogen-bond donors (Lipinski definition) is 0. The molecule has 0 aliphatic carbocycles. The summed E-state index contributed by atoms with van der Waals surface area (Å²) in [5.74, 6) is -0.0313. The van der Waals surface area contributed by atoms with Crippen molar-refractivity contribution in [3.8, 4) is 0 Å². The fourth-order valence-corrected chi connectivity index (χ4v) is 3.22. The number of carbonyl (C=O) groups excluding carboxylic acids is 1. The monoisotopic (exact) mass is 349 g/mol. The molecule has 1 heterocycles. The van der Waals surface area contributed by atoms with Crippen LogP contribution in [-0.2, 0) is 17.9 Å². The molecule has 25 heavy (non-hydrogen) atoms. The Bertz CT molecular complexity index is 854. The number of benzene rings is 2. The summed E-state index contributed by atoms with van der Waals surface area (Å²) in [6, 6.07) is 15.8. The van der Waals surface area contributed by atoms with Gasteiger partial charge in [-0.15, -0.1) is 0 Å². The van der Waals surface area contributed by atoms with Crippen molar-refractivity contribution in [3.05, 3.63) is 101 Å². The SMILES string of the molecule is C=C(/C=C\C=C(/C)c1ccccc1Cl)C(=O)N1Cc2ccccc2C1. The van der Waals surface area contributed by atoms with Gasteiger partial charge in [0.2, 0.25) is 0 Å². The molecule has 0 unspecified atom stereocenters. The normalized spacial score (nSPS) is 14.0. The fourth-order valence-electron chi connectivity index (χ4n) is 2.93. The van der Waals surface area contributed by atoms with Crippen LogP contribution >= 0.6 is 11.6 Å². The first-order valence-corrected chi connectivity index (χ1v) is 8.59. The minimum Gasteiger partial charge on any atom is -0.330 e. The van der Waals surface area contributed by atoms with Gasteiger partial charge in [0, 0.05) is 23.7 Å². The Morgan fingerprint density at radius 1 is 1.08 bits per heavy atom. The summed E-state index contributed by atoms with van der Waals surface area (Å²) in [5.41, 5.74) is 4.93. The van der Waals surface area contributed by atoms with Crippen LogP contribution in [0, 0.1) is 0 Å². The Morgan fingerprint density at radius 2 is 1.68 bits per heavy atom. The average molecular weight is 350 g/mol. The largest absolute Gasteiger partial charge is 0.330 e. The lowest BCUT2D eigenvalue weighted by molar-refractivity contribution is -0.127. The molecule has 0 saturated carbocycles. The highest BCUT2D eigenvalue weighted by Crippen LogP contribution is 2.24. The van der Waals surface area contributed by atoms with Crippen molar-refractivity contribution in [2.24, 2.45) is 0 Å². The van der Waals surface area contributed by atoms with E-state index in [1.165, 1.54) is 11.1 Å². The molecular formula is C22H20ClNO. The molecule has 0 fully saturated rings. The highest BCUT2D eigenvalue weighted by atomic mass is 35.5. The molecule has 0 spiro atoms. The molecule has 0 atom stereocenters. The van der Waals surface area contributed by atoms with Crippen molar-refractivity contribution < 1.29 is 4.79 Å². The number of allylic oxidation sites excluding steroid dienone is 3. The summed E-state index contributed by atoms with van der Waals surface area (Å²) in [5, 5.41) is 0.717. The molecule has 1 aliphatic rings. The van der Waals surface area contributed by atoms with E-state index in [1.54, 1.807) is 6.08 Å². The predicted octanol–water partition coefficient (Wildman–Crippen LogP) is 5.40. The topological polar surface area (TPSA) is 20.3 Å². The van der Waals surface area contributed by atoms with Crippen LogP contribution in [0.25, 0.3) is 5.57 Å². The van der Waals surface area contributed by atoms with Gasteiger partial charge >= 0.3 is 0 Å². The molecule has 0 bridgehead atoms. The third-order valence-corrected chi connectivity index (χ3v) is 4.67. The van der Waals surface area contributed by atoms with E-state index < -0.39 is 0 Å². The van der Waals surface area contributed by atoms with Crippen LogP contribution in [0.5, 0.6) is 0 Å². The summed E-state index contributed by atoms with van der Waals surface area (Å²) in [4.78, 5) is 14.4. The minimum atomic E-state index is -0.0313. The Labute approximate surface area is 153 Å². The van der Waals surface area contributed by atoms with Crippen molar-refractivity contribution >= 4 is 23.1 Å². The first kappa shape index (κ1) is 17.2. The van der Waals surface area contributed by atoms with E-state index in [-0.39, 0.29) is 5.91 Å². The molecule has 2 aromatic carbocycles. The highest BCUT2D eigenvalue weighted by molar-refractivity contribution is 6.32. The lowest BCUT2D eigenvalue weighted by Crippen LogP contribution is -2.25. The molecule has 3 heteroatoms. The Morgan fingerprint density at radius 3 is 2.32 bits per heavy atom. The third kappa shape index (κ3) is 3.92. The molecule has 0 saturated heterocycles. The van der Waals surface area contributed by atoms with Gasteiger partial charge in [0.05, 0.1) is 0 Å². The molecule has 2 nitrogen and oxygen atoms in total. The van der Waals surface area contributed by atoms with E-state index in [2.05, 4.69) is 18.7 Å². The number of fused-ring (bicyclic) bond motifs is 1. The zero-order valence-corrected chi connectivity index (χ0v) is 15.0. The standard InChI is InChI=1S/C22H20ClNO/c1-16(20-12-5-6-13-21(20)23)8-7-9-17(2)22(25)24-14-18-10-3-4-11-19(18)15-24/h3-13H,2,14-15H2,1H3/b9-7-,16-8+. The Kier molecular flexibility index (Phi) is 5.20. The lowest BCUT2D eigenvalue weighted by atomic mass is 10.1. The molecule has 1 amide bonds. The predicted molar refractivity (Wildman–Crippen MR) is 104 cm³/mol. The van der Waals surface area contributed by atoms with Gasteiger partial charge < -0.3 is 4.90 Å². The molecule has 0 N–H and O–H groups in total. The van der Waals surface area contributed by atoms with Gasteiger partial charge in [-0.3, -0.25) is 4.79 Å². The number of amides is 1. The van der Waals surface area contributed by atoms with Crippen molar-refractivity contribution in [2.45, 2.75) is 20.0 Å². The van der Waals surface area contributed by atoms with Gasteiger partial charge in [-0.1, -0.05) is 78.9 Å². The van der Waals surface area contributed by atoms with Crippen molar-refractivity contribution in [2.75, 3.05) is 0 Å². The van der Waals surface area contributed by atoms with Gasteiger partial charge in [-0.25, -0.2) is 0 Å². The first-order chi connectivity index (χ1) is 12.1. The second-order valence-electron chi connectivity index (χ2n) is 6.14. The maximum Gasteiger partial charge on any atom is 0.253 e. The van der Waals surface area contributed by atoms with E-state index in [4.69, 9.17) is 11.6 Å². The van der Waals surface area contributed by atoms with Gasteiger partial charge in [0.15, 0.2) is 0 Å². The van der Waals surface area contributed by atoms with Crippen LogP contribution in [0.1, 0.15) is 23.6 Å². The summed E-state index contributed by atoms with van der Waals surface area (Å²) < 4.78 is 0. The van der Waals surface area contributed by atoms with Crippen molar-refractivity contribution in [1.82, 2.24) is 4.90 Å². The van der Waals surface area contributed by atoms with Gasteiger partial charge in [0.25, 0.3) is 5.91 Å². The van der Waals surface area contributed by atoms with E-state index in [9.17, 15) is 4.79 Å². The zero-order chi connectivity index (χ0) is 17.8. The van der Waals surface area contributed by atoms with E-state index in [0.717, 1.165) is 16.2 Å². The molecule has 1 aliphatic heterocycles. The molecule has 0 aromatic heterocycles. The highest BCUT2D eigenvalue weighted by Gasteiger charge is 2.23. The summed E-state index contributed by atoms with van der Waals surface area (Å²) >= 11 is 6.20. The van der Waals surface area contributed by atoms with Crippen LogP contribution in [0.3, 0.4) is 0 Å². The van der Waals surface area contributed by atoms with Gasteiger partial charge in [-0.2, -0.15) is 0 Å². The number of halogens is 1. The lowest BCUT2D eigenvalue weighted by Gasteiger charge is -2.15. The number of rotatable bonds is 4. The summed E-state index contributed by atoms with van der Waals surface area (Å²) in [6.07, 6.45) is 5.55. The van der Waals surface area contributed by atoms with E-state index in [1.807, 2.05) is 60.4 Å². The summed E-state index contributed by atoms with van der Waals surface area (Å²) in [6.45, 7) is 7.21. The number of carbonyl (C=O) groups is 1.